The predicted molar refractivity (Wildman–Crippen MR) is 179 cm³/mol. The molecular formula is C33H42F4N4O7SSi. The van der Waals surface area contributed by atoms with E-state index in [0.29, 0.717) is 22.4 Å². The normalized spacial score (nSPS) is 17.0. The van der Waals surface area contributed by atoms with E-state index in [1.807, 2.05) is 33.9 Å². The zero-order valence-electron chi connectivity index (χ0n) is 29.5. The van der Waals surface area contributed by atoms with E-state index in [9.17, 15) is 30.8 Å². The standard InChI is InChI=1S/C33H42F4N4O7SSi/c1-31(2,3)46-30(42)40-14-15-41-20(18-40)17-23(39-41)28-27(21-11-10-19(34)16-25(21)45-7)26-22(29(38-28)47-49(43,44)33(35,36)37)12-13-24(26)48-50(8,9)32(4,5)6/h10-11,16-17,24H,12-15,18H2,1-9H3. The van der Waals surface area contributed by atoms with E-state index in [2.05, 4.69) is 4.98 Å². The highest BCUT2D eigenvalue weighted by Crippen LogP contribution is 2.52. The summed E-state index contributed by atoms with van der Waals surface area (Å²) < 4.78 is 105. The number of pyridine rings is 1. The smallest absolute Gasteiger partial charge is 0.496 e. The van der Waals surface area contributed by atoms with Gasteiger partial charge in [-0.05, 0) is 75.5 Å². The van der Waals surface area contributed by atoms with E-state index in [4.69, 9.17) is 23.2 Å². The third-order valence-electron chi connectivity index (χ3n) is 9.12. The van der Waals surface area contributed by atoms with Gasteiger partial charge in [0.2, 0.25) is 5.88 Å². The number of amides is 1. The lowest BCUT2D eigenvalue weighted by atomic mass is 9.92. The fourth-order valence-corrected chi connectivity index (χ4v) is 7.44. The number of nitrogens with zero attached hydrogens (tertiary/aromatic N) is 4. The number of carbonyl (C=O) groups is 1. The number of halogens is 4. The molecule has 1 atom stereocenters. The molecule has 0 spiro atoms. The number of ether oxygens (including phenoxy) is 2. The topological polar surface area (TPSA) is 122 Å². The number of hydrogen-bond acceptors (Lipinski definition) is 9. The van der Waals surface area contributed by atoms with E-state index in [0.717, 1.165) is 0 Å². The molecule has 50 heavy (non-hydrogen) atoms. The number of fused-ring (bicyclic) bond motifs is 2. The monoisotopic (exact) mass is 742 g/mol. The Morgan fingerprint density at radius 3 is 2.32 bits per heavy atom. The molecule has 11 nitrogen and oxygen atoms in total. The fraction of sp³-hybridized carbons (Fsp3) is 0.545. The Morgan fingerprint density at radius 1 is 1.04 bits per heavy atom. The van der Waals surface area contributed by atoms with E-state index >= 15 is 0 Å². The molecule has 0 radical (unpaired) electrons. The van der Waals surface area contributed by atoms with Crippen LogP contribution in [0.1, 0.15) is 70.9 Å². The van der Waals surface area contributed by atoms with Crippen LogP contribution in [0.2, 0.25) is 18.1 Å². The molecule has 0 saturated carbocycles. The number of rotatable bonds is 7. The maximum atomic E-state index is 14.5. The summed E-state index contributed by atoms with van der Waals surface area (Å²) in [7, 11) is -7.33. The molecule has 1 aromatic carbocycles. The molecule has 274 valence electrons. The molecule has 3 aromatic rings. The second-order valence-electron chi connectivity index (χ2n) is 14.9. The van der Waals surface area contributed by atoms with Crippen molar-refractivity contribution in [1.82, 2.24) is 19.7 Å². The van der Waals surface area contributed by atoms with Crippen molar-refractivity contribution >= 4 is 24.5 Å². The zero-order chi connectivity index (χ0) is 37.2. The van der Waals surface area contributed by atoms with Crippen LogP contribution in [0.3, 0.4) is 0 Å². The number of carbonyl (C=O) groups excluding carboxylic acids is 1. The van der Waals surface area contributed by atoms with Gasteiger partial charge in [-0.15, -0.1) is 0 Å². The van der Waals surface area contributed by atoms with Crippen molar-refractivity contribution < 1.29 is 48.9 Å². The van der Waals surface area contributed by atoms with Gasteiger partial charge >= 0.3 is 21.7 Å². The SMILES string of the molecule is COc1cc(F)ccc1-c1c(-c2cc3n(n2)CCN(C(=O)OC(C)(C)C)C3)nc(OS(=O)(=O)C(F)(F)F)c2c1C(O[Si](C)(C)C(C)(C)C)CC2. The Morgan fingerprint density at radius 2 is 1.72 bits per heavy atom. The van der Waals surface area contributed by atoms with Crippen molar-refractivity contribution in [2.24, 2.45) is 0 Å². The van der Waals surface area contributed by atoms with Crippen LogP contribution >= 0.6 is 0 Å². The van der Waals surface area contributed by atoms with E-state index in [-0.39, 0.29) is 60.2 Å². The minimum absolute atomic E-state index is 0.0301. The van der Waals surface area contributed by atoms with Crippen molar-refractivity contribution in [2.45, 2.75) is 103 Å². The van der Waals surface area contributed by atoms with Gasteiger partial charge in [0.1, 0.15) is 28.6 Å². The van der Waals surface area contributed by atoms with Gasteiger partial charge in [-0.25, -0.2) is 14.2 Å². The maximum absolute atomic E-state index is 14.5. The Labute approximate surface area is 290 Å². The Balaban J connectivity index is 1.77. The molecule has 0 N–H and O–H groups in total. The van der Waals surface area contributed by atoms with Crippen molar-refractivity contribution in [3.63, 3.8) is 0 Å². The van der Waals surface area contributed by atoms with Crippen LogP contribution < -0.4 is 8.92 Å². The molecule has 3 heterocycles. The predicted octanol–water partition coefficient (Wildman–Crippen LogP) is 7.75. The molecule has 17 heteroatoms. The Bertz CT molecular complexity index is 1920. The van der Waals surface area contributed by atoms with Gasteiger partial charge < -0.3 is 23.0 Å². The second kappa shape index (κ2) is 12.8. The van der Waals surface area contributed by atoms with E-state index < -0.39 is 53.4 Å². The number of aromatic nitrogens is 3. The highest BCUT2D eigenvalue weighted by Gasteiger charge is 2.50. The minimum Gasteiger partial charge on any atom is -0.496 e. The summed E-state index contributed by atoms with van der Waals surface area (Å²) in [5.41, 5.74) is -4.62. The molecule has 1 amide bonds. The first-order chi connectivity index (χ1) is 22.9. The maximum Gasteiger partial charge on any atom is 0.534 e. The summed E-state index contributed by atoms with van der Waals surface area (Å²) in [4.78, 5) is 18.8. The third kappa shape index (κ3) is 7.35. The summed E-state index contributed by atoms with van der Waals surface area (Å²) >= 11 is 0. The number of alkyl halides is 3. The van der Waals surface area contributed by atoms with Crippen molar-refractivity contribution in [2.75, 3.05) is 13.7 Å². The molecule has 0 saturated heterocycles. The minimum atomic E-state index is -6.13. The summed E-state index contributed by atoms with van der Waals surface area (Å²) in [6.07, 6.45) is -0.868. The van der Waals surface area contributed by atoms with Gasteiger partial charge in [-0.3, -0.25) is 4.68 Å². The quantitative estimate of drug-likeness (QED) is 0.104. The third-order valence-corrected chi connectivity index (χ3v) is 14.6. The summed E-state index contributed by atoms with van der Waals surface area (Å²) in [6.45, 7) is 16.1. The van der Waals surface area contributed by atoms with Gasteiger partial charge in [0, 0.05) is 29.3 Å². The molecule has 1 unspecified atom stereocenters. The van der Waals surface area contributed by atoms with Crippen LogP contribution in [-0.2, 0) is 38.8 Å². The van der Waals surface area contributed by atoms with Crippen molar-refractivity contribution in [3.05, 3.63) is 46.9 Å². The molecule has 1 aliphatic carbocycles. The summed E-state index contributed by atoms with van der Waals surface area (Å²) in [5.74, 6) is -1.24. The molecule has 0 fully saturated rings. The first-order valence-electron chi connectivity index (χ1n) is 16.1. The van der Waals surface area contributed by atoms with E-state index in [1.54, 1.807) is 31.5 Å². The first-order valence-corrected chi connectivity index (χ1v) is 20.4. The van der Waals surface area contributed by atoms with Crippen LogP contribution in [0.25, 0.3) is 22.5 Å². The molecule has 5 rings (SSSR count). The van der Waals surface area contributed by atoms with Gasteiger partial charge in [0.25, 0.3) is 0 Å². The van der Waals surface area contributed by atoms with Crippen molar-refractivity contribution in [3.8, 4) is 34.1 Å². The molecule has 1 aliphatic heterocycles. The molecule has 0 bridgehead atoms. The summed E-state index contributed by atoms with van der Waals surface area (Å²) in [6, 6.07) is 5.46. The van der Waals surface area contributed by atoms with Gasteiger partial charge in [0.05, 0.1) is 32.0 Å². The molecule has 2 aliphatic rings. The number of hydrogen-bond donors (Lipinski definition) is 0. The molecule has 2 aromatic heterocycles. The lowest BCUT2D eigenvalue weighted by molar-refractivity contribution is -0.0501. The fourth-order valence-electron chi connectivity index (χ4n) is 5.70. The second-order valence-corrected chi connectivity index (χ2v) is 21.2. The highest BCUT2D eigenvalue weighted by molar-refractivity contribution is 7.88. The van der Waals surface area contributed by atoms with Crippen LogP contribution in [-0.4, -0.2) is 67.3 Å². The van der Waals surface area contributed by atoms with E-state index in [1.165, 1.54) is 30.2 Å². The van der Waals surface area contributed by atoms with Crippen LogP contribution in [0.5, 0.6) is 11.6 Å². The number of benzene rings is 1. The number of methoxy groups -OCH3 is 1. The van der Waals surface area contributed by atoms with Crippen LogP contribution in [0.15, 0.2) is 24.3 Å². The van der Waals surface area contributed by atoms with Crippen LogP contribution in [0, 0.1) is 5.82 Å². The van der Waals surface area contributed by atoms with Gasteiger partial charge in [-0.1, -0.05) is 20.8 Å². The first kappa shape index (κ1) is 37.5. The van der Waals surface area contributed by atoms with Gasteiger partial charge in [0.15, 0.2) is 8.32 Å². The molecular weight excluding hydrogens is 701 g/mol. The average molecular weight is 743 g/mol. The lowest BCUT2D eigenvalue weighted by Crippen LogP contribution is -2.41. The largest absolute Gasteiger partial charge is 0.534 e. The van der Waals surface area contributed by atoms with Crippen molar-refractivity contribution in [1.29, 1.82) is 0 Å². The summed E-state index contributed by atoms with van der Waals surface area (Å²) in [5, 5.41) is 4.44. The lowest BCUT2D eigenvalue weighted by Gasteiger charge is -2.39. The Kier molecular flexibility index (Phi) is 9.62. The average Bonchev–Trinajstić information content (AvgIpc) is 3.59. The highest BCUT2D eigenvalue weighted by atomic mass is 32.2. The Hall–Kier alpha value is -3.70. The van der Waals surface area contributed by atoms with Gasteiger partial charge in [-0.2, -0.15) is 26.7 Å². The zero-order valence-corrected chi connectivity index (χ0v) is 31.3. The van der Waals surface area contributed by atoms with Crippen LogP contribution in [0.4, 0.5) is 22.4 Å².